The Balaban J connectivity index is 1.54. The molecule has 31 heavy (non-hydrogen) atoms. The molecule has 2 aromatic rings. The number of pyridine rings is 1. The molecule has 0 N–H and O–H groups in total. The van der Waals surface area contributed by atoms with E-state index in [0.717, 1.165) is 5.56 Å². The van der Waals surface area contributed by atoms with Crippen LogP contribution < -0.4 is 0 Å². The molecular weight excluding hydrogens is 421 g/mol. The van der Waals surface area contributed by atoms with Crippen LogP contribution in [0.1, 0.15) is 39.8 Å². The minimum atomic E-state index is -0.642. The summed E-state index contributed by atoms with van der Waals surface area (Å²) < 4.78 is 18.1. The van der Waals surface area contributed by atoms with E-state index in [9.17, 15) is 14.0 Å². The summed E-state index contributed by atoms with van der Waals surface area (Å²) in [5.74, 6) is 4.44. The lowest BCUT2D eigenvalue weighted by Crippen LogP contribution is -2.48. The van der Waals surface area contributed by atoms with Gasteiger partial charge in [-0.15, -0.1) is 11.8 Å². The fraction of sp³-hybridized carbons (Fsp3) is 0.348. The Labute approximate surface area is 186 Å². The van der Waals surface area contributed by atoms with Gasteiger partial charge in [0.05, 0.1) is 10.6 Å². The second-order valence-corrected chi connectivity index (χ2v) is 7.47. The topological polar surface area (TPSA) is 62.7 Å². The van der Waals surface area contributed by atoms with Crippen LogP contribution in [-0.4, -0.2) is 59.4 Å². The number of nitrogens with zero attached hydrogens (tertiary/aromatic N) is 3. The standard InChI is InChI=1S/C23H23ClFN3O3/c1-2-3-4-13-31-23(30)21-20(24)14-18(15-26-21)22(29)28-11-9-27(10-12-28)16-17-5-7-19(25)8-6-17/h5-8,14-15H,4,9-13,16H2,1H3. The molecular formula is C23H23ClFN3O3. The summed E-state index contributed by atoms with van der Waals surface area (Å²) in [5, 5.41) is 0.0763. The molecule has 162 valence electrons. The number of carbonyl (C=O) groups is 2. The Hall–Kier alpha value is -2.95. The molecule has 0 aliphatic carbocycles. The number of esters is 1. The van der Waals surface area contributed by atoms with Crippen molar-refractivity contribution in [2.24, 2.45) is 0 Å². The van der Waals surface area contributed by atoms with E-state index >= 15 is 0 Å². The second kappa shape index (κ2) is 10.9. The first-order valence-electron chi connectivity index (χ1n) is 9.96. The minimum absolute atomic E-state index is 0.0215. The molecule has 1 aliphatic rings. The van der Waals surface area contributed by atoms with Crippen LogP contribution in [-0.2, 0) is 11.3 Å². The van der Waals surface area contributed by atoms with E-state index in [2.05, 4.69) is 21.7 Å². The van der Waals surface area contributed by atoms with Crippen molar-refractivity contribution in [3.8, 4) is 11.8 Å². The molecule has 1 aliphatic heterocycles. The van der Waals surface area contributed by atoms with Crippen LogP contribution in [0.5, 0.6) is 0 Å². The minimum Gasteiger partial charge on any atom is -0.460 e. The van der Waals surface area contributed by atoms with E-state index in [1.165, 1.54) is 24.4 Å². The van der Waals surface area contributed by atoms with Crippen molar-refractivity contribution in [1.82, 2.24) is 14.8 Å². The fourth-order valence-corrected chi connectivity index (χ4v) is 3.48. The molecule has 0 bridgehead atoms. The zero-order valence-electron chi connectivity index (χ0n) is 17.2. The van der Waals surface area contributed by atoms with Crippen molar-refractivity contribution in [3.63, 3.8) is 0 Å². The summed E-state index contributed by atoms with van der Waals surface area (Å²) in [4.78, 5) is 32.9. The first-order chi connectivity index (χ1) is 15.0. The molecule has 0 atom stereocenters. The third-order valence-corrected chi connectivity index (χ3v) is 5.19. The van der Waals surface area contributed by atoms with Crippen molar-refractivity contribution < 1.29 is 18.7 Å². The number of hydrogen-bond acceptors (Lipinski definition) is 5. The number of aromatic nitrogens is 1. The van der Waals surface area contributed by atoms with Gasteiger partial charge in [0.25, 0.3) is 5.91 Å². The van der Waals surface area contributed by atoms with Crippen LogP contribution in [0.25, 0.3) is 0 Å². The lowest BCUT2D eigenvalue weighted by Gasteiger charge is -2.34. The number of hydrogen-bond donors (Lipinski definition) is 0. The van der Waals surface area contributed by atoms with Gasteiger partial charge in [-0.3, -0.25) is 9.69 Å². The molecule has 1 aromatic carbocycles. The van der Waals surface area contributed by atoms with E-state index < -0.39 is 5.97 Å². The maximum atomic E-state index is 13.0. The summed E-state index contributed by atoms with van der Waals surface area (Å²) in [7, 11) is 0. The highest BCUT2D eigenvalue weighted by Crippen LogP contribution is 2.19. The quantitative estimate of drug-likeness (QED) is 0.389. The maximum absolute atomic E-state index is 13.0. The van der Waals surface area contributed by atoms with Crippen molar-refractivity contribution in [1.29, 1.82) is 0 Å². The highest BCUT2D eigenvalue weighted by atomic mass is 35.5. The van der Waals surface area contributed by atoms with Gasteiger partial charge in [-0.25, -0.2) is 14.2 Å². The second-order valence-electron chi connectivity index (χ2n) is 7.06. The highest BCUT2D eigenvalue weighted by Gasteiger charge is 2.24. The smallest absolute Gasteiger partial charge is 0.358 e. The molecule has 3 rings (SSSR count). The molecule has 1 amide bonds. The molecule has 0 saturated carbocycles. The van der Waals surface area contributed by atoms with Gasteiger partial charge in [-0.05, 0) is 30.7 Å². The molecule has 0 radical (unpaired) electrons. The van der Waals surface area contributed by atoms with Crippen LogP contribution in [0.3, 0.4) is 0 Å². The molecule has 1 aromatic heterocycles. The van der Waals surface area contributed by atoms with Gasteiger partial charge in [0.2, 0.25) is 0 Å². The number of benzene rings is 1. The van der Waals surface area contributed by atoms with Crippen molar-refractivity contribution in [2.45, 2.75) is 19.9 Å². The molecule has 0 spiro atoms. The monoisotopic (exact) mass is 443 g/mol. The Bertz CT molecular complexity index is 993. The number of amides is 1. The Kier molecular flexibility index (Phi) is 7.99. The number of carbonyl (C=O) groups excluding carboxylic acids is 2. The first-order valence-corrected chi connectivity index (χ1v) is 10.3. The van der Waals surface area contributed by atoms with Crippen LogP contribution >= 0.6 is 11.6 Å². The molecule has 1 fully saturated rings. The normalized spacial score (nSPS) is 14.0. The molecule has 1 saturated heterocycles. The fourth-order valence-electron chi connectivity index (χ4n) is 3.23. The number of rotatable bonds is 6. The van der Waals surface area contributed by atoms with Gasteiger partial charge in [-0.2, -0.15) is 0 Å². The predicted octanol–water partition coefficient (Wildman–Crippen LogP) is 3.40. The van der Waals surface area contributed by atoms with Crippen molar-refractivity contribution in [2.75, 3.05) is 32.8 Å². The number of ether oxygens (including phenoxy) is 1. The van der Waals surface area contributed by atoms with Gasteiger partial charge in [0.1, 0.15) is 12.4 Å². The average Bonchev–Trinajstić information content (AvgIpc) is 2.78. The van der Waals surface area contributed by atoms with Crippen LogP contribution in [0.2, 0.25) is 5.02 Å². The van der Waals surface area contributed by atoms with E-state index in [1.54, 1.807) is 24.0 Å². The third-order valence-electron chi connectivity index (χ3n) is 4.90. The predicted molar refractivity (Wildman–Crippen MR) is 115 cm³/mol. The summed E-state index contributed by atoms with van der Waals surface area (Å²) in [6.45, 7) is 5.09. The number of halogens is 2. The van der Waals surface area contributed by atoms with Crippen molar-refractivity contribution >= 4 is 23.5 Å². The van der Waals surface area contributed by atoms with E-state index in [1.807, 2.05) is 0 Å². The van der Waals surface area contributed by atoms with E-state index in [4.69, 9.17) is 16.3 Å². The Morgan fingerprint density at radius 3 is 2.55 bits per heavy atom. The Morgan fingerprint density at radius 2 is 1.90 bits per heavy atom. The van der Waals surface area contributed by atoms with Gasteiger partial charge in [-0.1, -0.05) is 23.7 Å². The van der Waals surface area contributed by atoms with Gasteiger partial charge < -0.3 is 9.64 Å². The summed E-state index contributed by atoms with van der Waals surface area (Å²) in [5.41, 5.74) is 1.33. The molecule has 8 heteroatoms. The first kappa shape index (κ1) is 22.7. The highest BCUT2D eigenvalue weighted by molar-refractivity contribution is 6.33. The van der Waals surface area contributed by atoms with E-state index in [0.29, 0.717) is 44.7 Å². The molecule has 0 unspecified atom stereocenters. The Morgan fingerprint density at radius 1 is 1.19 bits per heavy atom. The summed E-state index contributed by atoms with van der Waals surface area (Å²) in [6, 6.07) is 7.88. The summed E-state index contributed by atoms with van der Waals surface area (Å²) in [6.07, 6.45) is 1.78. The SMILES string of the molecule is CC#CCCOC(=O)c1ncc(C(=O)N2CCN(Cc3ccc(F)cc3)CC2)cc1Cl. The van der Waals surface area contributed by atoms with E-state index in [-0.39, 0.29) is 29.0 Å². The number of piperazine rings is 1. The third kappa shape index (κ3) is 6.27. The van der Waals surface area contributed by atoms with Crippen LogP contribution in [0.15, 0.2) is 36.5 Å². The lowest BCUT2D eigenvalue weighted by molar-refractivity contribution is 0.0505. The van der Waals surface area contributed by atoms with Gasteiger partial charge in [0.15, 0.2) is 5.69 Å². The zero-order valence-corrected chi connectivity index (χ0v) is 18.0. The van der Waals surface area contributed by atoms with Crippen LogP contribution in [0, 0.1) is 17.7 Å². The van der Waals surface area contributed by atoms with Crippen molar-refractivity contribution in [3.05, 3.63) is 64.2 Å². The van der Waals surface area contributed by atoms with Crippen LogP contribution in [0.4, 0.5) is 4.39 Å². The largest absolute Gasteiger partial charge is 0.460 e. The lowest BCUT2D eigenvalue weighted by atomic mass is 10.1. The molecule has 2 heterocycles. The zero-order chi connectivity index (χ0) is 22.2. The summed E-state index contributed by atoms with van der Waals surface area (Å²) >= 11 is 6.17. The molecule has 6 nitrogen and oxygen atoms in total. The van der Waals surface area contributed by atoms with Gasteiger partial charge >= 0.3 is 5.97 Å². The maximum Gasteiger partial charge on any atom is 0.358 e. The van der Waals surface area contributed by atoms with Gasteiger partial charge in [0, 0.05) is 45.3 Å². The average molecular weight is 444 g/mol.